The molecule has 1 aliphatic heterocycles. The zero-order valence-corrected chi connectivity index (χ0v) is 19.5. The van der Waals surface area contributed by atoms with Crippen molar-refractivity contribution in [3.63, 3.8) is 0 Å². The van der Waals surface area contributed by atoms with E-state index in [0.717, 1.165) is 52.7 Å². The summed E-state index contributed by atoms with van der Waals surface area (Å²) in [6, 6.07) is 4.20. The molecule has 3 aromatic rings. The van der Waals surface area contributed by atoms with Crippen LogP contribution in [0.4, 0.5) is 8.78 Å². The summed E-state index contributed by atoms with van der Waals surface area (Å²) in [5.74, 6) is -1.66. The number of aryl methyl sites for hydroxylation is 1. The number of methoxy groups -OCH3 is 2. The predicted molar refractivity (Wildman–Crippen MR) is 123 cm³/mol. The van der Waals surface area contributed by atoms with E-state index in [2.05, 4.69) is 34.0 Å². The van der Waals surface area contributed by atoms with E-state index in [4.69, 9.17) is 9.47 Å². The van der Waals surface area contributed by atoms with Gasteiger partial charge in [0.2, 0.25) is 5.92 Å². The van der Waals surface area contributed by atoms with Crippen molar-refractivity contribution >= 4 is 10.9 Å². The summed E-state index contributed by atoms with van der Waals surface area (Å²) in [6.45, 7) is 4.79. The zero-order chi connectivity index (χ0) is 23.2. The number of likely N-dealkylation sites (tertiary alicyclic amines) is 1. The molecule has 1 aliphatic carbocycles. The second-order valence-corrected chi connectivity index (χ2v) is 9.82. The molecule has 1 saturated carbocycles. The van der Waals surface area contributed by atoms with Crippen molar-refractivity contribution in [2.45, 2.75) is 57.7 Å². The van der Waals surface area contributed by atoms with Crippen LogP contribution in [0.5, 0.6) is 5.75 Å². The van der Waals surface area contributed by atoms with Gasteiger partial charge in [-0.05, 0) is 49.4 Å². The highest BCUT2D eigenvalue weighted by molar-refractivity contribution is 5.88. The number of ether oxygens (including phenoxy) is 2. The van der Waals surface area contributed by atoms with Crippen LogP contribution in [0.25, 0.3) is 10.9 Å². The Bertz CT molecular complexity index is 1130. The Morgan fingerprint density at radius 3 is 2.82 bits per heavy atom. The van der Waals surface area contributed by atoms with Crippen molar-refractivity contribution in [2.24, 2.45) is 5.41 Å². The maximum Gasteiger partial charge on any atom is 0.249 e. The molecule has 2 aromatic heterocycles. The fourth-order valence-electron chi connectivity index (χ4n) is 5.91. The lowest BCUT2D eigenvalue weighted by Crippen LogP contribution is -2.53. The van der Waals surface area contributed by atoms with Gasteiger partial charge in [-0.25, -0.2) is 8.78 Å². The van der Waals surface area contributed by atoms with E-state index in [0.29, 0.717) is 19.7 Å². The first-order valence-corrected chi connectivity index (χ1v) is 11.6. The van der Waals surface area contributed by atoms with Gasteiger partial charge in [0.05, 0.1) is 26.5 Å². The highest BCUT2D eigenvalue weighted by Crippen LogP contribution is 2.60. The summed E-state index contributed by atoms with van der Waals surface area (Å²) in [5, 5.41) is 5.66. The van der Waals surface area contributed by atoms with Crippen molar-refractivity contribution < 1.29 is 18.3 Å². The Kier molecular flexibility index (Phi) is 5.69. The first-order chi connectivity index (χ1) is 15.8. The third kappa shape index (κ3) is 4.15. The highest BCUT2D eigenvalue weighted by Gasteiger charge is 2.58. The second-order valence-electron chi connectivity index (χ2n) is 9.82. The minimum Gasteiger partial charge on any atom is -0.496 e. The molecular weight excluding hydrogens is 426 g/mol. The molecule has 5 rings (SSSR count). The standard InChI is InChI=1S/C25H32F2N4O2/c1-17-10-22(33-3)20(19-4-6-28-23(17)19)14-30-7-5-24(15-25(26,27)16-24)11-21(30)18-12-29-31(13-18)8-9-32-2/h4,6,10,12-13,21,28H,5,7-9,11,14-16H2,1-3H3/t21-/m0/s1. The van der Waals surface area contributed by atoms with Crippen LogP contribution in [-0.4, -0.2) is 53.0 Å². The SMILES string of the molecule is COCCn1cc([C@@H]2CC3(CCN2Cc2c(OC)cc(C)c4[nH]ccc24)CC(F)(F)C3)cn1. The molecule has 0 bridgehead atoms. The van der Waals surface area contributed by atoms with Gasteiger partial charge < -0.3 is 14.5 Å². The summed E-state index contributed by atoms with van der Waals surface area (Å²) < 4.78 is 40.6. The molecule has 0 unspecified atom stereocenters. The molecule has 1 saturated heterocycles. The Balaban J connectivity index is 1.47. The number of rotatable bonds is 7. The van der Waals surface area contributed by atoms with Gasteiger partial charge in [-0.3, -0.25) is 9.58 Å². The van der Waals surface area contributed by atoms with Gasteiger partial charge >= 0.3 is 0 Å². The van der Waals surface area contributed by atoms with Crippen LogP contribution in [0, 0.1) is 12.3 Å². The zero-order valence-electron chi connectivity index (χ0n) is 19.5. The van der Waals surface area contributed by atoms with Crippen LogP contribution < -0.4 is 4.74 Å². The van der Waals surface area contributed by atoms with Gasteiger partial charge in [-0.2, -0.15) is 5.10 Å². The molecule has 2 aliphatic rings. The Hall–Kier alpha value is -2.45. The van der Waals surface area contributed by atoms with Crippen LogP contribution in [0.2, 0.25) is 0 Å². The van der Waals surface area contributed by atoms with Gasteiger partial charge in [-0.1, -0.05) is 0 Å². The first kappa shape index (κ1) is 22.3. The number of aromatic nitrogens is 3. The number of benzene rings is 1. The first-order valence-electron chi connectivity index (χ1n) is 11.6. The number of nitrogens with zero attached hydrogens (tertiary/aromatic N) is 3. The number of piperidine rings is 1. The number of nitrogens with one attached hydrogen (secondary N) is 1. The fraction of sp³-hybridized carbons (Fsp3) is 0.560. The van der Waals surface area contributed by atoms with Gasteiger partial charge in [0.15, 0.2) is 0 Å². The molecule has 2 fully saturated rings. The van der Waals surface area contributed by atoms with Gasteiger partial charge in [-0.15, -0.1) is 0 Å². The molecule has 0 radical (unpaired) electrons. The molecule has 6 nitrogen and oxygen atoms in total. The lowest BCUT2D eigenvalue weighted by Gasteiger charge is -2.54. The Labute approximate surface area is 192 Å². The van der Waals surface area contributed by atoms with Crippen LogP contribution in [-0.2, 0) is 17.8 Å². The summed E-state index contributed by atoms with van der Waals surface area (Å²) in [4.78, 5) is 5.76. The van der Waals surface area contributed by atoms with E-state index in [1.54, 1.807) is 14.2 Å². The minimum absolute atomic E-state index is 0.00192. The lowest BCUT2D eigenvalue weighted by molar-refractivity contribution is -0.186. The monoisotopic (exact) mass is 458 g/mol. The quantitative estimate of drug-likeness (QED) is 0.537. The van der Waals surface area contributed by atoms with E-state index in [9.17, 15) is 8.78 Å². The van der Waals surface area contributed by atoms with Crippen molar-refractivity contribution in [1.82, 2.24) is 19.7 Å². The molecule has 33 heavy (non-hydrogen) atoms. The van der Waals surface area contributed by atoms with Crippen LogP contribution in [0.1, 0.15) is 48.4 Å². The number of aromatic amines is 1. The topological polar surface area (TPSA) is 55.3 Å². The van der Waals surface area contributed by atoms with Crippen LogP contribution >= 0.6 is 0 Å². The summed E-state index contributed by atoms with van der Waals surface area (Å²) in [7, 11) is 3.38. The van der Waals surface area contributed by atoms with Crippen molar-refractivity contribution in [2.75, 3.05) is 27.4 Å². The minimum atomic E-state index is -2.52. The number of H-pyrrole nitrogens is 1. The largest absolute Gasteiger partial charge is 0.496 e. The number of hydrogen-bond acceptors (Lipinski definition) is 4. The molecule has 1 atom stereocenters. The average molecular weight is 459 g/mol. The van der Waals surface area contributed by atoms with E-state index >= 15 is 0 Å². The molecule has 0 amide bonds. The fourth-order valence-corrected chi connectivity index (χ4v) is 5.91. The normalized spacial score (nSPS) is 22.0. The molecule has 3 heterocycles. The smallest absolute Gasteiger partial charge is 0.249 e. The summed E-state index contributed by atoms with van der Waals surface area (Å²) >= 11 is 0. The van der Waals surface area contributed by atoms with Gasteiger partial charge in [0, 0.05) is 67.0 Å². The van der Waals surface area contributed by atoms with Crippen molar-refractivity contribution in [3.05, 3.63) is 47.4 Å². The molecule has 178 valence electrons. The number of fused-ring (bicyclic) bond motifs is 1. The average Bonchev–Trinajstić information content (AvgIpc) is 3.44. The predicted octanol–water partition coefficient (Wildman–Crippen LogP) is 5.08. The highest BCUT2D eigenvalue weighted by atomic mass is 19.3. The number of hydrogen-bond donors (Lipinski definition) is 1. The second kappa shape index (κ2) is 8.40. The molecule has 1 aromatic carbocycles. The van der Waals surface area contributed by atoms with Crippen LogP contribution in [0.3, 0.4) is 0 Å². The van der Waals surface area contributed by atoms with Crippen molar-refractivity contribution in [1.29, 1.82) is 0 Å². The van der Waals surface area contributed by atoms with E-state index in [-0.39, 0.29) is 24.3 Å². The Morgan fingerprint density at radius 2 is 2.09 bits per heavy atom. The van der Waals surface area contributed by atoms with Gasteiger partial charge in [0.25, 0.3) is 0 Å². The maximum atomic E-state index is 13.9. The van der Waals surface area contributed by atoms with Crippen LogP contribution in [0.15, 0.2) is 30.7 Å². The number of alkyl halides is 2. The van der Waals surface area contributed by atoms with E-state index < -0.39 is 5.92 Å². The molecular formula is C25H32F2N4O2. The summed E-state index contributed by atoms with van der Waals surface area (Å²) in [6.07, 6.45) is 7.41. The molecule has 1 N–H and O–H groups in total. The molecule has 1 spiro atoms. The van der Waals surface area contributed by atoms with E-state index in [1.807, 2.05) is 23.3 Å². The summed E-state index contributed by atoms with van der Waals surface area (Å²) in [5.41, 5.74) is 4.19. The maximum absolute atomic E-state index is 13.9. The third-order valence-electron chi connectivity index (χ3n) is 7.52. The molecule has 8 heteroatoms. The van der Waals surface area contributed by atoms with Gasteiger partial charge in [0.1, 0.15) is 5.75 Å². The third-order valence-corrected chi connectivity index (χ3v) is 7.52. The van der Waals surface area contributed by atoms with E-state index in [1.165, 1.54) is 0 Å². The Morgan fingerprint density at radius 1 is 1.27 bits per heavy atom. The lowest BCUT2D eigenvalue weighted by atomic mass is 9.59. The number of halogens is 2. The van der Waals surface area contributed by atoms with Crippen molar-refractivity contribution in [3.8, 4) is 5.75 Å².